The maximum atomic E-state index is 14.2. The van der Waals surface area contributed by atoms with Gasteiger partial charge >= 0.3 is 5.97 Å². The molecule has 20 heteroatoms. The molecule has 0 radical (unpaired) electrons. The highest BCUT2D eigenvalue weighted by Gasteiger charge is 2.33. The van der Waals surface area contributed by atoms with E-state index in [1.165, 1.54) is 0 Å². The van der Waals surface area contributed by atoms with Gasteiger partial charge in [-0.25, -0.2) is 4.79 Å². The largest absolute Gasteiger partial charge is 0.480 e. The fourth-order valence-electron chi connectivity index (χ4n) is 6.51. The topological polar surface area (TPSA) is 301 Å². The molecule has 0 saturated carbocycles. The second-order valence-electron chi connectivity index (χ2n) is 16.7. The van der Waals surface area contributed by atoms with Gasteiger partial charge in [0.1, 0.15) is 37.4 Å². The highest BCUT2D eigenvalue weighted by molar-refractivity contribution is 5.96. The molecule has 11 N–H and O–H groups in total. The standard InChI is InChI=1S/C47H74N8O12/c1-32(2)27-37(52-43(59)36(49)17-11-12-18-48)46(62)55-42(33(3)4)47(63)54-39(29-35-15-9-6-10-16-35)45(61)53-38(28-34-13-7-5-8-14-34)44(60)51-20-22-65-23-25-66-30-40(56)50-19-21-64-24-26-67-31-41(57)58/h5-10,13-16,32-33,36-39,42H,11-12,17-31,48-49H2,1-4H3,(H,50,56)(H,51,60)(H,52,59)(H,53,61)(H,54,63)(H,55,62)(H,57,58)/t36-,37-,38-,39-,42-/m0/s1. The van der Waals surface area contributed by atoms with Crippen LogP contribution in [0.15, 0.2) is 60.7 Å². The van der Waals surface area contributed by atoms with Crippen molar-refractivity contribution in [2.24, 2.45) is 23.3 Å². The molecule has 5 atom stereocenters. The lowest BCUT2D eigenvalue weighted by molar-refractivity contribution is -0.142. The molecule has 0 heterocycles. The lowest BCUT2D eigenvalue weighted by atomic mass is 9.98. The van der Waals surface area contributed by atoms with E-state index in [0.29, 0.717) is 32.2 Å². The number of hydrogen-bond acceptors (Lipinski definition) is 13. The molecule has 2 aromatic rings. The van der Waals surface area contributed by atoms with Crippen LogP contribution in [0.25, 0.3) is 0 Å². The van der Waals surface area contributed by atoms with Crippen LogP contribution in [0.3, 0.4) is 0 Å². The van der Waals surface area contributed by atoms with Crippen LogP contribution in [-0.2, 0) is 65.4 Å². The quantitative estimate of drug-likeness (QED) is 0.0405. The van der Waals surface area contributed by atoms with Gasteiger partial charge in [-0.1, -0.05) is 94.8 Å². The number of carbonyl (C=O) groups is 7. The van der Waals surface area contributed by atoms with Crippen molar-refractivity contribution in [3.8, 4) is 0 Å². The molecule has 6 amide bonds. The van der Waals surface area contributed by atoms with Gasteiger partial charge in [-0.3, -0.25) is 28.8 Å². The number of carboxylic acids is 1. The van der Waals surface area contributed by atoms with Crippen molar-refractivity contribution >= 4 is 41.4 Å². The fraction of sp³-hybridized carbons (Fsp3) is 0.596. The Morgan fingerprint density at radius 3 is 1.60 bits per heavy atom. The first-order valence-corrected chi connectivity index (χ1v) is 22.9. The minimum atomic E-state index is -1.16. The number of unbranched alkanes of at least 4 members (excludes halogenated alkanes) is 1. The van der Waals surface area contributed by atoms with Gasteiger partial charge in [0, 0.05) is 25.9 Å². The van der Waals surface area contributed by atoms with Crippen molar-refractivity contribution in [2.45, 2.75) is 96.4 Å². The highest BCUT2D eigenvalue weighted by atomic mass is 16.5. The third-order valence-electron chi connectivity index (χ3n) is 10.0. The van der Waals surface area contributed by atoms with Gasteiger partial charge in [0.2, 0.25) is 35.4 Å². The zero-order valence-electron chi connectivity index (χ0n) is 39.4. The van der Waals surface area contributed by atoms with Crippen LogP contribution in [0.4, 0.5) is 0 Å². The van der Waals surface area contributed by atoms with Gasteiger partial charge in [-0.05, 0) is 48.8 Å². The first-order chi connectivity index (χ1) is 32.1. The Balaban J connectivity index is 2.05. The summed E-state index contributed by atoms with van der Waals surface area (Å²) in [5.74, 6) is -4.60. The van der Waals surface area contributed by atoms with Crippen molar-refractivity contribution in [3.63, 3.8) is 0 Å². The van der Waals surface area contributed by atoms with E-state index in [1.54, 1.807) is 26.0 Å². The molecular weight excluding hydrogens is 869 g/mol. The van der Waals surface area contributed by atoms with Crippen LogP contribution in [-0.4, -0.2) is 149 Å². The van der Waals surface area contributed by atoms with E-state index >= 15 is 0 Å². The molecule has 0 aliphatic heterocycles. The molecule has 0 aliphatic carbocycles. The molecule has 0 aliphatic rings. The number of nitrogens with two attached hydrogens (primary N) is 2. The van der Waals surface area contributed by atoms with Crippen molar-refractivity contribution in [3.05, 3.63) is 71.8 Å². The Kier molecular flexibility index (Phi) is 29.1. The van der Waals surface area contributed by atoms with Gasteiger partial charge in [-0.15, -0.1) is 0 Å². The van der Waals surface area contributed by atoms with E-state index in [9.17, 15) is 33.6 Å². The first kappa shape index (κ1) is 57.6. The lowest BCUT2D eigenvalue weighted by Gasteiger charge is -2.29. The fourth-order valence-corrected chi connectivity index (χ4v) is 6.51. The van der Waals surface area contributed by atoms with E-state index in [0.717, 1.165) is 11.1 Å². The Hall–Kier alpha value is -5.51. The summed E-state index contributed by atoms with van der Waals surface area (Å²) in [6, 6.07) is 13.1. The molecule has 0 saturated heterocycles. The number of nitrogens with one attached hydrogen (secondary N) is 6. The van der Waals surface area contributed by atoms with Gasteiger partial charge in [0.25, 0.3) is 0 Å². The van der Waals surface area contributed by atoms with Crippen molar-refractivity contribution in [2.75, 3.05) is 72.5 Å². The van der Waals surface area contributed by atoms with Crippen LogP contribution in [0.1, 0.15) is 64.5 Å². The number of hydrogen-bond donors (Lipinski definition) is 9. The van der Waals surface area contributed by atoms with Crippen LogP contribution in [0, 0.1) is 11.8 Å². The molecule has 0 unspecified atom stereocenters. The Labute approximate surface area is 394 Å². The summed E-state index contributed by atoms with van der Waals surface area (Å²) < 4.78 is 21.0. The van der Waals surface area contributed by atoms with Crippen LogP contribution in [0.5, 0.6) is 0 Å². The molecular formula is C47H74N8O12. The van der Waals surface area contributed by atoms with Gasteiger partial charge < -0.3 is 67.4 Å². The molecule has 0 fully saturated rings. The third-order valence-corrected chi connectivity index (χ3v) is 10.0. The number of benzene rings is 2. The summed E-state index contributed by atoms with van der Waals surface area (Å²) >= 11 is 0. The van der Waals surface area contributed by atoms with E-state index in [-0.39, 0.29) is 84.0 Å². The summed E-state index contributed by atoms with van der Waals surface area (Å²) in [7, 11) is 0. The van der Waals surface area contributed by atoms with E-state index in [4.69, 9.17) is 35.5 Å². The molecule has 67 heavy (non-hydrogen) atoms. The average molecular weight is 943 g/mol. The smallest absolute Gasteiger partial charge is 0.329 e. The van der Waals surface area contributed by atoms with Crippen molar-refractivity contribution in [1.29, 1.82) is 0 Å². The SMILES string of the molecule is CC(C)C[C@H](NC(=O)[C@@H](N)CCCCN)C(=O)N[C@H](C(=O)N[C@@H](Cc1ccccc1)C(=O)N[C@@H](Cc1ccccc1)C(=O)NCCOCCOCC(=O)NCCOCCOCC(=O)O)C(C)C. The summed E-state index contributed by atoms with van der Waals surface area (Å²) in [6.45, 7) is 8.42. The van der Waals surface area contributed by atoms with Crippen LogP contribution in [0.2, 0.25) is 0 Å². The Morgan fingerprint density at radius 1 is 0.567 bits per heavy atom. The molecule has 0 aromatic heterocycles. The molecule has 0 bridgehead atoms. The van der Waals surface area contributed by atoms with Crippen LogP contribution < -0.4 is 43.4 Å². The van der Waals surface area contributed by atoms with Crippen molar-refractivity contribution in [1.82, 2.24) is 31.9 Å². The number of aliphatic carboxylic acids is 1. The Bertz CT molecular complexity index is 1770. The van der Waals surface area contributed by atoms with E-state index in [2.05, 4.69) is 31.9 Å². The summed E-state index contributed by atoms with van der Waals surface area (Å²) in [5, 5.41) is 25.2. The van der Waals surface area contributed by atoms with E-state index < -0.39 is 78.2 Å². The number of rotatable bonds is 36. The molecule has 20 nitrogen and oxygen atoms in total. The maximum Gasteiger partial charge on any atom is 0.329 e. The van der Waals surface area contributed by atoms with Gasteiger partial charge in [0.15, 0.2) is 0 Å². The van der Waals surface area contributed by atoms with Gasteiger partial charge in [-0.2, -0.15) is 0 Å². The zero-order valence-corrected chi connectivity index (χ0v) is 39.4. The summed E-state index contributed by atoms with van der Waals surface area (Å²) in [4.78, 5) is 91.2. The third kappa shape index (κ3) is 25.8. The number of carbonyl (C=O) groups excluding carboxylic acids is 6. The summed E-state index contributed by atoms with van der Waals surface area (Å²) in [5.41, 5.74) is 13.2. The second kappa shape index (κ2) is 33.9. The van der Waals surface area contributed by atoms with E-state index in [1.807, 2.05) is 62.4 Å². The maximum absolute atomic E-state index is 14.2. The lowest BCUT2D eigenvalue weighted by Crippen LogP contribution is -2.60. The normalized spacial score (nSPS) is 13.4. The predicted octanol–water partition coefficient (Wildman–Crippen LogP) is -0.0472. The second-order valence-corrected chi connectivity index (χ2v) is 16.7. The predicted molar refractivity (Wildman–Crippen MR) is 250 cm³/mol. The minimum absolute atomic E-state index is 0.0155. The van der Waals surface area contributed by atoms with Crippen LogP contribution >= 0.6 is 0 Å². The molecule has 0 spiro atoms. The van der Waals surface area contributed by atoms with Crippen molar-refractivity contribution < 1.29 is 57.6 Å². The van der Waals surface area contributed by atoms with Gasteiger partial charge in [0.05, 0.1) is 45.7 Å². The highest BCUT2D eigenvalue weighted by Crippen LogP contribution is 2.12. The number of amides is 6. The minimum Gasteiger partial charge on any atom is -0.480 e. The zero-order chi connectivity index (χ0) is 49.4. The molecule has 2 aromatic carbocycles. The Morgan fingerprint density at radius 2 is 1.06 bits per heavy atom. The molecule has 374 valence electrons. The average Bonchev–Trinajstić information content (AvgIpc) is 3.29. The molecule has 2 rings (SSSR count). The summed E-state index contributed by atoms with van der Waals surface area (Å²) in [6.07, 6.45) is 2.28. The first-order valence-electron chi connectivity index (χ1n) is 22.9. The monoisotopic (exact) mass is 943 g/mol. The number of ether oxygens (including phenoxy) is 4. The number of carboxylic acid groups (broad SMARTS) is 1.